The molecular formula is C17H15NO. The van der Waals surface area contributed by atoms with Crippen molar-refractivity contribution < 1.29 is 4.79 Å². The number of fused-ring (bicyclic) bond motifs is 2. The Bertz CT molecular complexity index is 707. The molecule has 2 heteroatoms. The van der Waals surface area contributed by atoms with Gasteiger partial charge < -0.3 is 4.79 Å². The van der Waals surface area contributed by atoms with E-state index in [0.717, 1.165) is 28.2 Å². The number of aryl methyl sites for hydroxylation is 1. The zero-order valence-electron chi connectivity index (χ0n) is 10.9. The number of ketones is 1. The number of hydrogen-bond donors (Lipinski definition) is 0. The topological polar surface area (TPSA) is 30.0 Å². The number of carbonyl (C=O) groups is 1. The molecule has 0 radical (unpaired) electrons. The van der Waals surface area contributed by atoms with Gasteiger partial charge in [0.2, 0.25) is 0 Å². The fourth-order valence-corrected chi connectivity index (χ4v) is 2.50. The summed E-state index contributed by atoms with van der Waals surface area (Å²) >= 11 is 0. The van der Waals surface area contributed by atoms with Crippen molar-refractivity contribution >= 4 is 27.6 Å². The largest absolute Gasteiger partial charge is 0.300 e. The summed E-state index contributed by atoms with van der Waals surface area (Å²) < 4.78 is 0. The summed E-state index contributed by atoms with van der Waals surface area (Å²) in [6.07, 6.45) is 1.36. The number of hydrogen-bond acceptors (Lipinski definition) is 2. The van der Waals surface area contributed by atoms with Gasteiger partial charge >= 0.3 is 0 Å². The van der Waals surface area contributed by atoms with Crippen LogP contribution in [-0.2, 0) is 11.2 Å². The highest BCUT2D eigenvalue weighted by atomic mass is 16.1. The summed E-state index contributed by atoms with van der Waals surface area (Å²) in [5.41, 5.74) is 3.23. The lowest BCUT2D eigenvalue weighted by atomic mass is 9.98. The summed E-state index contributed by atoms with van der Waals surface area (Å²) in [6.45, 7) is 1.64. The van der Waals surface area contributed by atoms with Gasteiger partial charge in [-0.05, 0) is 31.0 Å². The molecule has 0 aliphatic carbocycles. The van der Waals surface area contributed by atoms with Gasteiger partial charge in [-0.25, -0.2) is 4.98 Å². The second-order valence-electron chi connectivity index (χ2n) is 4.83. The van der Waals surface area contributed by atoms with Gasteiger partial charge in [-0.3, -0.25) is 0 Å². The van der Waals surface area contributed by atoms with E-state index in [9.17, 15) is 4.79 Å². The molecule has 0 aliphatic rings. The molecule has 0 saturated carbocycles. The second-order valence-corrected chi connectivity index (χ2v) is 4.83. The summed E-state index contributed by atoms with van der Waals surface area (Å²) in [7, 11) is 0. The van der Waals surface area contributed by atoms with Crippen molar-refractivity contribution in [3.05, 3.63) is 54.1 Å². The molecule has 94 valence electrons. The fourth-order valence-electron chi connectivity index (χ4n) is 2.50. The Labute approximate surface area is 112 Å². The number of pyridine rings is 1. The van der Waals surface area contributed by atoms with Crippen LogP contribution in [0.3, 0.4) is 0 Å². The standard InChI is InChI=1S/C17H15NO/c1-12(19)10-11-13-14-6-2-4-8-16(14)18-17-9-5-3-7-15(13)17/h2-9H,10-11H2,1H3. The van der Waals surface area contributed by atoms with E-state index in [1.807, 2.05) is 36.4 Å². The summed E-state index contributed by atoms with van der Waals surface area (Å²) in [4.78, 5) is 16.0. The fraction of sp³-hybridized carbons (Fsp3) is 0.176. The van der Waals surface area contributed by atoms with Crippen molar-refractivity contribution in [1.82, 2.24) is 4.98 Å². The molecule has 3 aromatic rings. The van der Waals surface area contributed by atoms with Crippen LogP contribution in [0.15, 0.2) is 48.5 Å². The van der Waals surface area contributed by atoms with E-state index < -0.39 is 0 Å². The van der Waals surface area contributed by atoms with Crippen molar-refractivity contribution in [2.24, 2.45) is 0 Å². The highest BCUT2D eigenvalue weighted by Gasteiger charge is 2.08. The molecule has 0 fully saturated rings. The number of carbonyl (C=O) groups excluding carboxylic acids is 1. The molecule has 19 heavy (non-hydrogen) atoms. The van der Waals surface area contributed by atoms with Crippen molar-refractivity contribution in [3.63, 3.8) is 0 Å². The average Bonchev–Trinajstić information content (AvgIpc) is 2.43. The van der Waals surface area contributed by atoms with Crippen molar-refractivity contribution in [1.29, 1.82) is 0 Å². The first-order chi connectivity index (χ1) is 9.25. The Hall–Kier alpha value is -2.22. The summed E-state index contributed by atoms with van der Waals surface area (Å²) in [6, 6.07) is 16.3. The lowest BCUT2D eigenvalue weighted by Gasteiger charge is -2.10. The molecule has 1 aromatic heterocycles. The van der Waals surface area contributed by atoms with Gasteiger partial charge in [-0.1, -0.05) is 36.4 Å². The van der Waals surface area contributed by atoms with Crippen molar-refractivity contribution in [2.45, 2.75) is 19.8 Å². The van der Waals surface area contributed by atoms with Crippen LogP contribution in [0.2, 0.25) is 0 Å². The molecule has 0 atom stereocenters. The van der Waals surface area contributed by atoms with E-state index in [0.29, 0.717) is 6.42 Å². The normalized spacial score (nSPS) is 11.0. The Balaban J connectivity index is 2.29. The molecule has 0 bridgehead atoms. The van der Waals surface area contributed by atoms with Crippen LogP contribution in [-0.4, -0.2) is 10.8 Å². The SMILES string of the molecule is CC(=O)CCc1c2ccccc2nc2ccccc12. The number of aromatic nitrogens is 1. The molecule has 0 aliphatic heterocycles. The van der Waals surface area contributed by atoms with Gasteiger partial charge in [0.05, 0.1) is 11.0 Å². The summed E-state index contributed by atoms with van der Waals surface area (Å²) in [5, 5.41) is 2.31. The first-order valence-electron chi connectivity index (χ1n) is 6.51. The third kappa shape index (κ3) is 2.22. The van der Waals surface area contributed by atoms with E-state index in [2.05, 4.69) is 17.1 Å². The van der Waals surface area contributed by atoms with Crippen LogP contribution >= 0.6 is 0 Å². The van der Waals surface area contributed by atoms with Crippen LogP contribution in [0.25, 0.3) is 21.8 Å². The Kier molecular flexibility index (Phi) is 3.00. The minimum absolute atomic E-state index is 0.227. The molecule has 0 spiro atoms. The van der Waals surface area contributed by atoms with Gasteiger partial charge in [-0.2, -0.15) is 0 Å². The maximum atomic E-state index is 11.3. The molecule has 2 aromatic carbocycles. The molecule has 0 amide bonds. The molecule has 0 unspecified atom stereocenters. The monoisotopic (exact) mass is 249 g/mol. The van der Waals surface area contributed by atoms with E-state index in [1.165, 1.54) is 5.56 Å². The highest BCUT2D eigenvalue weighted by molar-refractivity contribution is 5.97. The molecule has 2 nitrogen and oxygen atoms in total. The number of nitrogens with zero attached hydrogens (tertiary/aromatic N) is 1. The minimum atomic E-state index is 0.227. The number of rotatable bonds is 3. The quantitative estimate of drug-likeness (QED) is 0.659. The highest BCUT2D eigenvalue weighted by Crippen LogP contribution is 2.26. The van der Waals surface area contributed by atoms with Crippen LogP contribution < -0.4 is 0 Å². The van der Waals surface area contributed by atoms with Crippen LogP contribution in [0.5, 0.6) is 0 Å². The predicted molar refractivity (Wildman–Crippen MR) is 78.3 cm³/mol. The Morgan fingerprint density at radius 1 is 0.947 bits per heavy atom. The second kappa shape index (κ2) is 4.81. The maximum Gasteiger partial charge on any atom is 0.130 e. The maximum absolute atomic E-state index is 11.3. The zero-order valence-corrected chi connectivity index (χ0v) is 10.9. The zero-order chi connectivity index (χ0) is 13.2. The smallest absolute Gasteiger partial charge is 0.130 e. The van der Waals surface area contributed by atoms with Gasteiger partial charge in [-0.15, -0.1) is 0 Å². The first-order valence-corrected chi connectivity index (χ1v) is 6.51. The lowest BCUT2D eigenvalue weighted by Crippen LogP contribution is -1.97. The van der Waals surface area contributed by atoms with Crippen LogP contribution in [0.1, 0.15) is 18.9 Å². The Morgan fingerprint density at radius 3 is 2.00 bits per heavy atom. The third-order valence-electron chi connectivity index (χ3n) is 3.43. The van der Waals surface area contributed by atoms with Gasteiger partial charge in [0.25, 0.3) is 0 Å². The average molecular weight is 249 g/mol. The van der Waals surface area contributed by atoms with Crippen molar-refractivity contribution in [3.8, 4) is 0 Å². The lowest BCUT2D eigenvalue weighted by molar-refractivity contribution is -0.116. The third-order valence-corrected chi connectivity index (χ3v) is 3.43. The molecule has 3 rings (SSSR count). The molecule has 1 heterocycles. The minimum Gasteiger partial charge on any atom is -0.300 e. The van der Waals surface area contributed by atoms with Gasteiger partial charge in [0, 0.05) is 17.2 Å². The Morgan fingerprint density at radius 2 is 1.47 bits per heavy atom. The van der Waals surface area contributed by atoms with E-state index >= 15 is 0 Å². The first kappa shape index (κ1) is 11.8. The van der Waals surface area contributed by atoms with Crippen LogP contribution in [0, 0.1) is 0 Å². The number of benzene rings is 2. The van der Waals surface area contributed by atoms with E-state index in [1.54, 1.807) is 6.92 Å². The van der Waals surface area contributed by atoms with Crippen molar-refractivity contribution in [2.75, 3.05) is 0 Å². The van der Waals surface area contributed by atoms with Gasteiger partial charge in [0.1, 0.15) is 5.78 Å². The summed E-state index contributed by atoms with van der Waals surface area (Å²) in [5.74, 6) is 0.227. The number of para-hydroxylation sites is 2. The van der Waals surface area contributed by atoms with Gasteiger partial charge in [0.15, 0.2) is 0 Å². The van der Waals surface area contributed by atoms with E-state index in [4.69, 9.17) is 0 Å². The molecule has 0 saturated heterocycles. The molecular weight excluding hydrogens is 234 g/mol. The van der Waals surface area contributed by atoms with Crippen LogP contribution in [0.4, 0.5) is 0 Å². The molecule has 0 N–H and O–H groups in total. The predicted octanol–water partition coefficient (Wildman–Crippen LogP) is 3.91. The number of Topliss-reactive ketones (excluding diaryl/α,β-unsaturated/α-hetero) is 1. The van der Waals surface area contributed by atoms with E-state index in [-0.39, 0.29) is 5.78 Å².